The molecule has 3 rings (SSSR count). The van der Waals surface area contributed by atoms with Crippen LogP contribution in [0, 0.1) is 12.8 Å². The number of fused-ring (bicyclic) bond motifs is 1. The van der Waals surface area contributed by atoms with Crippen LogP contribution in [0.5, 0.6) is 0 Å². The van der Waals surface area contributed by atoms with Gasteiger partial charge in [-0.05, 0) is 42.5 Å². The summed E-state index contributed by atoms with van der Waals surface area (Å²) in [5.41, 5.74) is 3.84. The predicted octanol–water partition coefficient (Wildman–Crippen LogP) is 3.73. The van der Waals surface area contributed by atoms with Crippen LogP contribution < -0.4 is 15.5 Å². The van der Waals surface area contributed by atoms with Crippen LogP contribution in [0.4, 0.5) is 16.2 Å². The van der Waals surface area contributed by atoms with Crippen LogP contribution in [0.2, 0.25) is 0 Å². The van der Waals surface area contributed by atoms with Gasteiger partial charge in [0, 0.05) is 17.9 Å². The van der Waals surface area contributed by atoms with Crippen molar-refractivity contribution in [3.8, 4) is 0 Å². The third kappa shape index (κ3) is 3.72. The number of hydrogen-bond acceptors (Lipinski definition) is 2. The van der Waals surface area contributed by atoms with Gasteiger partial charge < -0.3 is 15.5 Å². The molecule has 1 unspecified atom stereocenters. The molecule has 2 aromatic carbocycles. The van der Waals surface area contributed by atoms with Crippen molar-refractivity contribution < 1.29 is 9.59 Å². The molecule has 0 spiro atoms. The van der Waals surface area contributed by atoms with Crippen molar-refractivity contribution in [2.45, 2.75) is 33.2 Å². The lowest BCUT2D eigenvalue weighted by Crippen LogP contribution is -2.52. The summed E-state index contributed by atoms with van der Waals surface area (Å²) in [6.07, 6.45) is 0.849. The minimum atomic E-state index is -0.579. The molecule has 1 heterocycles. The number of carbonyl (C=O) groups is 2. The Labute approximate surface area is 154 Å². The van der Waals surface area contributed by atoms with Crippen LogP contribution in [0.1, 0.15) is 25.0 Å². The molecule has 5 heteroatoms. The highest BCUT2D eigenvalue weighted by Gasteiger charge is 2.32. The molecule has 26 heavy (non-hydrogen) atoms. The minimum Gasteiger partial charge on any atom is -0.326 e. The molecule has 0 saturated carbocycles. The fraction of sp³-hybridized carbons (Fsp3) is 0.333. The Bertz CT molecular complexity index is 816. The number of benzene rings is 2. The predicted molar refractivity (Wildman–Crippen MR) is 104 cm³/mol. The van der Waals surface area contributed by atoms with E-state index in [1.807, 2.05) is 69.3 Å². The first-order chi connectivity index (χ1) is 12.5. The monoisotopic (exact) mass is 351 g/mol. The molecule has 0 fully saturated rings. The third-order valence-corrected chi connectivity index (χ3v) is 4.77. The van der Waals surface area contributed by atoms with Gasteiger partial charge in [-0.25, -0.2) is 4.79 Å². The highest BCUT2D eigenvalue weighted by Crippen LogP contribution is 2.28. The van der Waals surface area contributed by atoms with E-state index in [2.05, 4.69) is 10.6 Å². The zero-order chi connectivity index (χ0) is 18.7. The molecule has 1 aliphatic rings. The summed E-state index contributed by atoms with van der Waals surface area (Å²) in [4.78, 5) is 27.3. The van der Waals surface area contributed by atoms with E-state index in [0.29, 0.717) is 6.54 Å². The quantitative estimate of drug-likeness (QED) is 0.882. The molecule has 136 valence electrons. The molecule has 0 aliphatic carbocycles. The maximum absolute atomic E-state index is 13.1. The molecule has 0 saturated heterocycles. The molecule has 3 amide bonds. The van der Waals surface area contributed by atoms with Crippen molar-refractivity contribution in [3.05, 3.63) is 59.7 Å². The smallest absolute Gasteiger partial charge is 0.319 e. The fourth-order valence-electron chi connectivity index (χ4n) is 3.26. The summed E-state index contributed by atoms with van der Waals surface area (Å²) in [6, 6.07) is 14.6. The van der Waals surface area contributed by atoms with Crippen molar-refractivity contribution in [2.75, 3.05) is 16.8 Å². The number of rotatable bonds is 4. The highest BCUT2D eigenvalue weighted by molar-refractivity contribution is 6.02. The van der Waals surface area contributed by atoms with Gasteiger partial charge in [0.05, 0.1) is 0 Å². The number of para-hydroxylation sites is 2. The van der Waals surface area contributed by atoms with Crippen LogP contribution in [-0.4, -0.2) is 24.5 Å². The maximum Gasteiger partial charge on any atom is 0.319 e. The van der Waals surface area contributed by atoms with Crippen LogP contribution in [-0.2, 0) is 11.2 Å². The third-order valence-electron chi connectivity index (χ3n) is 4.77. The van der Waals surface area contributed by atoms with Crippen molar-refractivity contribution in [3.63, 3.8) is 0 Å². The molecule has 2 aromatic rings. The number of urea groups is 1. The number of aryl methyl sites for hydroxylation is 1. The number of nitrogens with one attached hydrogen (secondary N) is 2. The van der Waals surface area contributed by atoms with E-state index in [4.69, 9.17) is 0 Å². The molecule has 0 bridgehead atoms. The van der Waals surface area contributed by atoms with Gasteiger partial charge in [0.15, 0.2) is 0 Å². The number of anilines is 2. The first kappa shape index (κ1) is 18.0. The Morgan fingerprint density at radius 3 is 2.46 bits per heavy atom. The largest absolute Gasteiger partial charge is 0.326 e. The van der Waals surface area contributed by atoms with E-state index in [-0.39, 0.29) is 17.9 Å². The van der Waals surface area contributed by atoms with E-state index < -0.39 is 6.04 Å². The van der Waals surface area contributed by atoms with Gasteiger partial charge in [-0.15, -0.1) is 0 Å². The van der Waals surface area contributed by atoms with Gasteiger partial charge >= 0.3 is 6.03 Å². The van der Waals surface area contributed by atoms with Crippen LogP contribution in [0.3, 0.4) is 0 Å². The number of nitrogens with zero attached hydrogens (tertiary/aromatic N) is 1. The van der Waals surface area contributed by atoms with E-state index in [1.54, 1.807) is 4.90 Å². The van der Waals surface area contributed by atoms with Gasteiger partial charge in [0.2, 0.25) is 5.91 Å². The topological polar surface area (TPSA) is 61.4 Å². The number of amides is 3. The number of carbonyl (C=O) groups excluding carboxylic acids is 2. The van der Waals surface area contributed by atoms with Gasteiger partial charge in [-0.1, -0.05) is 50.2 Å². The van der Waals surface area contributed by atoms with Crippen molar-refractivity contribution in [1.82, 2.24) is 5.32 Å². The summed E-state index contributed by atoms with van der Waals surface area (Å²) in [5, 5.41) is 5.70. The summed E-state index contributed by atoms with van der Waals surface area (Å²) >= 11 is 0. The zero-order valence-corrected chi connectivity index (χ0v) is 15.5. The minimum absolute atomic E-state index is 0.0158. The summed E-state index contributed by atoms with van der Waals surface area (Å²) in [5.74, 6) is -0.0808. The Kier molecular flexibility index (Phi) is 5.26. The van der Waals surface area contributed by atoms with Gasteiger partial charge in [-0.3, -0.25) is 4.79 Å². The first-order valence-corrected chi connectivity index (χ1v) is 9.00. The summed E-state index contributed by atoms with van der Waals surface area (Å²) in [6.45, 7) is 6.47. The van der Waals surface area contributed by atoms with E-state index in [1.165, 1.54) is 5.56 Å². The molecule has 5 nitrogen and oxygen atoms in total. The van der Waals surface area contributed by atoms with Gasteiger partial charge in [0.1, 0.15) is 6.04 Å². The van der Waals surface area contributed by atoms with Gasteiger partial charge in [-0.2, -0.15) is 0 Å². The molecular formula is C21H25N3O2. The Hall–Kier alpha value is -2.82. The molecule has 0 aromatic heterocycles. The second-order valence-corrected chi connectivity index (χ2v) is 7.00. The second-order valence-electron chi connectivity index (χ2n) is 7.00. The lowest BCUT2D eigenvalue weighted by atomic mass is 10.0. The van der Waals surface area contributed by atoms with Crippen molar-refractivity contribution >= 4 is 23.3 Å². The molecular weight excluding hydrogens is 326 g/mol. The SMILES string of the molecule is Cc1ccccc1NC(=O)NC(C(=O)N1CCc2ccccc21)C(C)C. The maximum atomic E-state index is 13.1. The Balaban J connectivity index is 1.72. The van der Waals surface area contributed by atoms with E-state index in [0.717, 1.165) is 23.4 Å². The standard InChI is InChI=1S/C21H25N3O2/c1-14(2)19(23-21(26)22-17-10-6-4-8-15(17)3)20(25)24-13-12-16-9-5-7-11-18(16)24/h4-11,14,19H,12-13H2,1-3H3,(H2,22,23,26). The summed E-state index contributed by atoms with van der Waals surface area (Å²) in [7, 11) is 0. The second kappa shape index (κ2) is 7.60. The Morgan fingerprint density at radius 2 is 1.73 bits per heavy atom. The fourth-order valence-corrected chi connectivity index (χ4v) is 3.26. The van der Waals surface area contributed by atoms with Crippen LogP contribution in [0.25, 0.3) is 0 Å². The zero-order valence-electron chi connectivity index (χ0n) is 15.5. The molecule has 1 atom stereocenters. The van der Waals surface area contributed by atoms with Crippen molar-refractivity contribution in [2.24, 2.45) is 5.92 Å². The van der Waals surface area contributed by atoms with E-state index in [9.17, 15) is 9.59 Å². The summed E-state index contributed by atoms with van der Waals surface area (Å²) < 4.78 is 0. The average molecular weight is 351 g/mol. The molecule has 1 aliphatic heterocycles. The Morgan fingerprint density at radius 1 is 1.04 bits per heavy atom. The van der Waals surface area contributed by atoms with Crippen LogP contribution >= 0.6 is 0 Å². The van der Waals surface area contributed by atoms with E-state index >= 15 is 0 Å². The number of hydrogen-bond donors (Lipinski definition) is 2. The van der Waals surface area contributed by atoms with Crippen molar-refractivity contribution in [1.29, 1.82) is 0 Å². The molecule has 0 radical (unpaired) electrons. The molecule has 2 N–H and O–H groups in total. The lowest BCUT2D eigenvalue weighted by molar-refractivity contribution is -0.121. The average Bonchev–Trinajstić information content (AvgIpc) is 3.05. The highest BCUT2D eigenvalue weighted by atomic mass is 16.2. The normalized spacial score (nSPS) is 14.1. The lowest BCUT2D eigenvalue weighted by Gasteiger charge is -2.27. The first-order valence-electron chi connectivity index (χ1n) is 9.00. The van der Waals surface area contributed by atoms with Gasteiger partial charge in [0.25, 0.3) is 0 Å². The van der Waals surface area contributed by atoms with Crippen LogP contribution in [0.15, 0.2) is 48.5 Å².